The Morgan fingerprint density at radius 2 is 1.50 bits per heavy atom. The average molecular weight is 403 g/mol. The summed E-state index contributed by atoms with van der Waals surface area (Å²) in [5.74, 6) is 1.30. The molecular weight excluding hydrogens is 372 g/mol. The molecule has 0 unspecified atom stereocenters. The molecule has 2 rings (SSSR count). The Kier molecular flexibility index (Phi) is 7.24. The zero-order valence-electron chi connectivity index (χ0n) is 17.5. The third-order valence-electron chi connectivity index (χ3n) is 4.48. The number of amidine groups is 1. The first kappa shape index (κ1) is 22.0. The summed E-state index contributed by atoms with van der Waals surface area (Å²) in [6.07, 6.45) is 0.422. The molecule has 0 aliphatic rings. The first-order valence-corrected chi connectivity index (χ1v) is 10.9. The molecule has 0 fully saturated rings. The van der Waals surface area contributed by atoms with E-state index in [9.17, 15) is 8.42 Å². The van der Waals surface area contributed by atoms with E-state index in [0.29, 0.717) is 12.3 Å². The zero-order valence-corrected chi connectivity index (χ0v) is 18.3. The Morgan fingerprint density at radius 3 is 1.96 bits per heavy atom. The van der Waals surface area contributed by atoms with Crippen molar-refractivity contribution in [2.45, 2.75) is 58.0 Å². The highest BCUT2D eigenvalue weighted by Gasteiger charge is 2.23. The standard InChI is InChI=1S/C22H30N2O3S/c1-16(2)24(17(3)4)22(15-19-9-11-20(27-6)12-10-19)23-28(25,26)21-13-7-18(5)8-14-21/h7-14,16-17H,15H2,1-6H3/b23-22+. The molecular formula is C22H30N2O3S. The summed E-state index contributed by atoms with van der Waals surface area (Å²) in [6, 6.07) is 14.6. The summed E-state index contributed by atoms with van der Waals surface area (Å²) >= 11 is 0. The van der Waals surface area contributed by atoms with Gasteiger partial charge in [-0.25, -0.2) is 0 Å². The minimum absolute atomic E-state index is 0.116. The van der Waals surface area contributed by atoms with Gasteiger partial charge in [0, 0.05) is 18.5 Å². The van der Waals surface area contributed by atoms with Crippen molar-refractivity contribution in [3.8, 4) is 5.75 Å². The van der Waals surface area contributed by atoms with Crippen LogP contribution in [0, 0.1) is 6.92 Å². The average Bonchev–Trinajstić information content (AvgIpc) is 2.61. The zero-order chi connectivity index (χ0) is 20.9. The maximum atomic E-state index is 13.0. The van der Waals surface area contributed by atoms with Gasteiger partial charge >= 0.3 is 0 Å². The van der Waals surface area contributed by atoms with Gasteiger partial charge in [0.05, 0.1) is 12.0 Å². The van der Waals surface area contributed by atoms with Gasteiger partial charge in [-0.1, -0.05) is 29.8 Å². The van der Waals surface area contributed by atoms with Crippen molar-refractivity contribution < 1.29 is 13.2 Å². The Labute approximate surface area is 169 Å². The Bertz CT molecular complexity index is 892. The summed E-state index contributed by atoms with van der Waals surface area (Å²) in [7, 11) is -2.18. The lowest BCUT2D eigenvalue weighted by Gasteiger charge is -2.34. The quantitative estimate of drug-likeness (QED) is 0.507. The van der Waals surface area contributed by atoms with Crippen molar-refractivity contribution in [3.63, 3.8) is 0 Å². The molecule has 0 spiro atoms. The van der Waals surface area contributed by atoms with Crippen molar-refractivity contribution in [1.82, 2.24) is 4.90 Å². The van der Waals surface area contributed by atoms with Crippen molar-refractivity contribution in [2.75, 3.05) is 7.11 Å². The van der Waals surface area contributed by atoms with E-state index < -0.39 is 10.0 Å². The molecule has 2 aromatic rings. The minimum atomic E-state index is -3.80. The lowest BCUT2D eigenvalue weighted by molar-refractivity contribution is 0.288. The van der Waals surface area contributed by atoms with Crippen LogP contribution in [-0.4, -0.2) is 38.3 Å². The molecule has 0 atom stereocenters. The van der Waals surface area contributed by atoms with Gasteiger partial charge < -0.3 is 9.64 Å². The van der Waals surface area contributed by atoms with E-state index >= 15 is 0 Å². The summed E-state index contributed by atoms with van der Waals surface area (Å²) in [5.41, 5.74) is 1.98. The van der Waals surface area contributed by atoms with E-state index in [1.807, 2.05) is 58.9 Å². The maximum Gasteiger partial charge on any atom is 0.283 e. The molecule has 0 aromatic heterocycles. The highest BCUT2D eigenvalue weighted by Crippen LogP contribution is 2.19. The normalized spacial score (nSPS) is 12.5. The van der Waals surface area contributed by atoms with Gasteiger partial charge in [0.1, 0.15) is 11.6 Å². The summed E-state index contributed by atoms with van der Waals surface area (Å²) in [6.45, 7) is 10.1. The predicted octanol–water partition coefficient (Wildman–Crippen LogP) is 4.45. The first-order valence-electron chi connectivity index (χ1n) is 9.46. The van der Waals surface area contributed by atoms with Gasteiger partial charge in [-0.2, -0.15) is 8.42 Å². The number of hydrogen-bond acceptors (Lipinski definition) is 3. The van der Waals surface area contributed by atoms with Crippen LogP contribution in [0.2, 0.25) is 0 Å². The summed E-state index contributed by atoms with van der Waals surface area (Å²) in [5, 5.41) is 0. The van der Waals surface area contributed by atoms with Crippen molar-refractivity contribution in [2.24, 2.45) is 4.40 Å². The maximum absolute atomic E-state index is 13.0. The van der Waals surface area contributed by atoms with Gasteiger partial charge in [-0.05, 0) is 64.4 Å². The first-order chi connectivity index (χ1) is 13.1. The number of ether oxygens (including phenoxy) is 1. The molecule has 0 saturated carbocycles. The predicted molar refractivity (Wildman–Crippen MR) is 115 cm³/mol. The van der Waals surface area contributed by atoms with Crippen LogP contribution in [0.25, 0.3) is 0 Å². The minimum Gasteiger partial charge on any atom is -0.497 e. The summed E-state index contributed by atoms with van der Waals surface area (Å²) < 4.78 is 35.4. The number of aryl methyl sites for hydroxylation is 1. The summed E-state index contributed by atoms with van der Waals surface area (Å²) in [4.78, 5) is 2.26. The van der Waals surface area contributed by atoms with Crippen LogP contribution >= 0.6 is 0 Å². The fourth-order valence-corrected chi connectivity index (χ4v) is 4.21. The molecule has 28 heavy (non-hydrogen) atoms. The third kappa shape index (κ3) is 5.58. The fourth-order valence-electron chi connectivity index (χ4n) is 3.19. The van der Waals surface area contributed by atoms with E-state index in [2.05, 4.69) is 9.30 Å². The van der Waals surface area contributed by atoms with Crippen molar-refractivity contribution >= 4 is 15.9 Å². The van der Waals surface area contributed by atoms with Crippen LogP contribution < -0.4 is 4.74 Å². The number of sulfonamides is 1. The molecule has 2 aromatic carbocycles. The van der Waals surface area contributed by atoms with Crippen LogP contribution in [0.1, 0.15) is 38.8 Å². The molecule has 0 aliphatic heterocycles. The number of rotatable bonds is 7. The topological polar surface area (TPSA) is 59.0 Å². The van der Waals surface area contributed by atoms with Crippen molar-refractivity contribution in [1.29, 1.82) is 0 Å². The van der Waals surface area contributed by atoms with Crippen molar-refractivity contribution in [3.05, 3.63) is 59.7 Å². The van der Waals surface area contributed by atoms with Crippen LogP contribution in [0.3, 0.4) is 0 Å². The van der Waals surface area contributed by atoms with Gasteiger partial charge in [-0.3, -0.25) is 0 Å². The molecule has 152 valence electrons. The van der Waals surface area contributed by atoms with Crippen LogP contribution in [-0.2, 0) is 16.4 Å². The van der Waals surface area contributed by atoms with Crippen LogP contribution in [0.4, 0.5) is 0 Å². The SMILES string of the molecule is COc1ccc(C/C(=N\S(=O)(=O)c2ccc(C)cc2)N(C(C)C)C(C)C)cc1. The lowest BCUT2D eigenvalue weighted by atomic mass is 10.1. The van der Waals surface area contributed by atoms with E-state index in [-0.39, 0.29) is 17.0 Å². The Balaban J connectivity index is 2.49. The number of methoxy groups -OCH3 is 1. The Hall–Kier alpha value is -2.34. The molecule has 0 bridgehead atoms. The molecule has 0 heterocycles. The lowest BCUT2D eigenvalue weighted by Crippen LogP contribution is -2.43. The highest BCUT2D eigenvalue weighted by atomic mass is 32.2. The van der Waals surface area contributed by atoms with E-state index in [1.54, 1.807) is 31.4 Å². The van der Waals surface area contributed by atoms with E-state index in [1.165, 1.54) is 0 Å². The largest absolute Gasteiger partial charge is 0.497 e. The third-order valence-corrected chi connectivity index (χ3v) is 5.80. The van der Waals surface area contributed by atoms with Gasteiger partial charge in [0.25, 0.3) is 10.0 Å². The Morgan fingerprint density at radius 1 is 0.964 bits per heavy atom. The monoisotopic (exact) mass is 402 g/mol. The number of benzene rings is 2. The fraction of sp³-hybridized carbons (Fsp3) is 0.409. The van der Waals surface area contributed by atoms with Gasteiger partial charge in [0.15, 0.2) is 0 Å². The van der Waals surface area contributed by atoms with Gasteiger partial charge in [0.2, 0.25) is 0 Å². The molecule has 6 heteroatoms. The molecule has 0 N–H and O–H groups in total. The van der Waals surface area contributed by atoms with Crippen LogP contribution in [0.5, 0.6) is 5.75 Å². The van der Waals surface area contributed by atoms with E-state index in [4.69, 9.17) is 4.74 Å². The number of hydrogen-bond donors (Lipinski definition) is 0. The molecule has 0 amide bonds. The van der Waals surface area contributed by atoms with Gasteiger partial charge in [-0.15, -0.1) is 4.40 Å². The highest BCUT2D eigenvalue weighted by molar-refractivity contribution is 7.90. The second-order valence-corrected chi connectivity index (χ2v) is 9.02. The molecule has 0 saturated heterocycles. The smallest absolute Gasteiger partial charge is 0.283 e. The second kappa shape index (κ2) is 9.24. The molecule has 5 nitrogen and oxygen atoms in total. The number of nitrogens with zero attached hydrogens (tertiary/aromatic N) is 2. The molecule has 0 aliphatic carbocycles. The molecule has 0 radical (unpaired) electrons. The second-order valence-electron chi connectivity index (χ2n) is 7.42. The van der Waals surface area contributed by atoms with E-state index in [0.717, 1.165) is 16.9 Å². The van der Waals surface area contributed by atoms with Crippen LogP contribution in [0.15, 0.2) is 57.8 Å².